The fourth-order valence-electron chi connectivity index (χ4n) is 3.75. The minimum absolute atomic E-state index is 0.0414. The van der Waals surface area contributed by atoms with Gasteiger partial charge in [0.1, 0.15) is 23.1 Å². The van der Waals surface area contributed by atoms with E-state index in [0.29, 0.717) is 41.4 Å². The van der Waals surface area contributed by atoms with Crippen LogP contribution >= 0.6 is 23.5 Å². The van der Waals surface area contributed by atoms with Crippen LogP contribution in [0.25, 0.3) is 6.08 Å². The van der Waals surface area contributed by atoms with Gasteiger partial charge in [-0.15, -0.1) is 11.8 Å². The molecule has 0 aliphatic carbocycles. The number of benzene rings is 3. The summed E-state index contributed by atoms with van der Waals surface area (Å²) in [6.45, 7) is 13.5. The zero-order valence-corrected chi connectivity index (χ0v) is 28.3. The van der Waals surface area contributed by atoms with Crippen LogP contribution < -0.4 is 9.47 Å². The van der Waals surface area contributed by atoms with Crippen LogP contribution in [0, 0.1) is 35.0 Å². The smallest absolute Gasteiger partial charge is 0.190 e. The summed E-state index contributed by atoms with van der Waals surface area (Å²) in [6.07, 6.45) is 1.73. The van der Waals surface area contributed by atoms with E-state index in [4.69, 9.17) is 9.47 Å². The molecule has 0 aliphatic heterocycles. The summed E-state index contributed by atoms with van der Waals surface area (Å²) in [5.41, 5.74) is 3.37. The Morgan fingerprint density at radius 2 is 1.47 bits per heavy atom. The maximum absolute atomic E-state index is 11.4. The number of allylic oxidation sites excluding steroid dienone is 1. The molecule has 0 spiro atoms. The van der Waals surface area contributed by atoms with E-state index < -0.39 is 8.07 Å². The molecule has 7 heteroatoms. The maximum atomic E-state index is 11.4. The van der Waals surface area contributed by atoms with Gasteiger partial charge in [0.25, 0.3) is 0 Å². The third-order valence-electron chi connectivity index (χ3n) is 5.91. The van der Waals surface area contributed by atoms with E-state index >= 15 is 0 Å². The minimum Gasteiger partial charge on any atom is -0.493 e. The van der Waals surface area contributed by atoms with E-state index in [-0.39, 0.29) is 5.12 Å². The molecule has 0 aliphatic rings. The second-order valence-corrected chi connectivity index (χ2v) is 18.8. The predicted octanol–water partition coefficient (Wildman–Crippen LogP) is 8.91. The van der Waals surface area contributed by atoms with Crippen molar-refractivity contribution in [3.8, 4) is 41.2 Å². The van der Waals surface area contributed by atoms with Gasteiger partial charge in [0.05, 0.1) is 18.8 Å². The van der Waals surface area contributed by atoms with Crippen molar-refractivity contribution in [1.29, 1.82) is 5.26 Å². The first-order valence-electron chi connectivity index (χ1n) is 14.2. The van der Waals surface area contributed by atoms with Crippen molar-refractivity contribution in [2.75, 3.05) is 19.0 Å². The SMILES string of the molecule is CCOc1cc(/C=C(\C#N)C#Cc2ccc(SCC[Si](C)(C)C)cc2)c(OCC)cc1C#Cc1ccc(SC(C)=O)cc1. The largest absolute Gasteiger partial charge is 0.493 e. The molecule has 0 radical (unpaired) electrons. The Balaban J connectivity index is 1.86. The highest BCUT2D eigenvalue weighted by Gasteiger charge is 2.13. The number of thioether (sulfide) groups is 2. The average Bonchev–Trinajstić information content (AvgIpc) is 2.96. The Morgan fingerprint density at radius 3 is 2.05 bits per heavy atom. The highest BCUT2D eigenvalue weighted by atomic mass is 32.2. The molecule has 3 aromatic carbocycles. The molecule has 43 heavy (non-hydrogen) atoms. The fourth-order valence-corrected chi connectivity index (χ4v) is 7.78. The van der Waals surface area contributed by atoms with Crippen LogP contribution in [0.15, 0.2) is 76.0 Å². The highest BCUT2D eigenvalue weighted by Crippen LogP contribution is 2.31. The number of rotatable bonds is 10. The number of nitriles is 1. The standard InChI is InChI=1S/C36H37NO3S2Si/c1-7-39-35-25-32(23-30(26-37)10-9-28-12-17-33(18-13-28)41-21-22-43(4,5)6)36(40-8-2)24-31(35)16-11-29-14-19-34(20-15-29)42-27(3)38/h12-15,17-20,23-25H,7-8,21-22H2,1-6H3/b30-23-. The van der Waals surface area contributed by atoms with Gasteiger partial charge in [-0.3, -0.25) is 4.79 Å². The molecular weight excluding hydrogens is 587 g/mol. The van der Waals surface area contributed by atoms with E-state index in [1.165, 1.54) is 22.7 Å². The molecule has 0 aromatic heterocycles. The van der Waals surface area contributed by atoms with Crippen molar-refractivity contribution < 1.29 is 14.3 Å². The lowest BCUT2D eigenvalue weighted by molar-refractivity contribution is -0.109. The van der Waals surface area contributed by atoms with Crippen LogP contribution in [0.4, 0.5) is 0 Å². The summed E-state index contributed by atoms with van der Waals surface area (Å²) in [4.78, 5) is 13.5. The molecule has 0 fully saturated rings. The third-order valence-corrected chi connectivity index (χ3v) is 9.83. The molecule has 0 heterocycles. The number of ether oxygens (including phenoxy) is 2. The normalized spacial score (nSPS) is 11.0. The molecule has 4 nitrogen and oxygen atoms in total. The van der Waals surface area contributed by atoms with Crippen LogP contribution in [0.3, 0.4) is 0 Å². The van der Waals surface area contributed by atoms with Gasteiger partial charge in [-0.1, -0.05) is 55.1 Å². The lowest BCUT2D eigenvalue weighted by atomic mass is 10.1. The van der Waals surface area contributed by atoms with Crippen molar-refractivity contribution in [2.45, 2.75) is 56.2 Å². The molecule has 220 valence electrons. The second-order valence-electron chi connectivity index (χ2n) is 10.7. The first-order valence-corrected chi connectivity index (χ1v) is 19.7. The number of hydrogen-bond donors (Lipinski definition) is 0. The van der Waals surface area contributed by atoms with Crippen LogP contribution in [0.2, 0.25) is 25.7 Å². The Kier molecular flexibility index (Phi) is 13.1. The van der Waals surface area contributed by atoms with Crippen molar-refractivity contribution >= 4 is 42.8 Å². The molecule has 0 saturated carbocycles. The zero-order valence-electron chi connectivity index (χ0n) is 25.7. The molecular formula is C36H37NO3S2Si. The fraction of sp³-hybridized carbons (Fsp3) is 0.278. The number of carbonyl (C=O) groups is 1. The first kappa shape index (κ1) is 33.7. The van der Waals surface area contributed by atoms with E-state index in [0.717, 1.165) is 21.8 Å². The highest BCUT2D eigenvalue weighted by molar-refractivity contribution is 8.13. The van der Waals surface area contributed by atoms with Crippen molar-refractivity contribution in [2.24, 2.45) is 0 Å². The maximum Gasteiger partial charge on any atom is 0.190 e. The van der Waals surface area contributed by atoms with Gasteiger partial charge >= 0.3 is 0 Å². The molecule has 0 saturated heterocycles. The van der Waals surface area contributed by atoms with E-state index in [2.05, 4.69) is 61.5 Å². The predicted molar refractivity (Wildman–Crippen MR) is 184 cm³/mol. The Hall–Kier alpha value is -3.80. The zero-order chi connectivity index (χ0) is 31.2. The minimum atomic E-state index is -1.04. The number of carbonyl (C=O) groups excluding carboxylic acids is 1. The lowest BCUT2D eigenvalue weighted by Gasteiger charge is -2.14. The molecule has 3 rings (SSSR count). The summed E-state index contributed by atoms with van der Waals surface area (Å²) in [6, 6.07) is 22.9. The Bertz CT molecular complexity index is 1610. The van der Waals surface area contributed by atoms with Crippen molar-refractivity contribution in [3.05, 3.63) is 88.5 Å². The van der Waals surface area contributed by atoms with Gasteiger partial charge < -0.3 is 9.47 Å². The van der Waals surface area contributed by atoms with E-state index in [1.54, 1.807) is 13.0 Å². The molecule has 0 amide bonds. The Morgan fingerprint density at radius 1 is 0.860 bits per heavy atom. The van der Waals surface area contributed by atoms with Crippen molar-refractivity contribution in [3.63, 3.8) is 0 Å². The summed E-state index contributed by atoms with van der Waals surface area (Å²) in [5, 5.41) is 9.90. The third kappa shape index (κ3) is 11.8. The van der Waals surface area contributed by atoms with Gasteiger partial charge in [0, 0.05) is 47.5 Å². The monoisotopic (exact) mass is 623 g/mol. The summed E-state index contributed by atoms with van der Waals surface area (Å²) in [7, 11) is -1.04. The number of hydrogen-bond acceptors (Lipinski definition) is 6. The molecule has 0 bridgehead atoms. The van der Waals surface area contributed by atoms with Gasteiger partial charge in [0.15, 0.2) is 5.12 Å². The summed E-state index contributed by atoms with van der Waals surface area (Å²) >= 11 is 3.07. The second kappa shape index (κ2) is 16.7. The average molecular weight is 624 g/mol. The molecule has 0 atom stereocenters. The van der Waals surface area contributed by atoms with Crippen molar-refractivity contribution in [1.82, 2.24) is 0 Å². The van der Waals surface area contributed by atoms with Crippen LogP contribution in [0.1, 0.15) is 43.0 Å². The first-order chi connectivity index (χ1) is 20.6. The van der Waals surface area contributed by atoms with Crippen LogP contribution in [-0.4, -0.2) is 32.2 Å². The topological polar surface area (TPSA) is 59.3 Å². The Labute approximate surface area is 266 Å². The van der Waals surface area contributed by atoms with Crippen LogP contribution in [0.5, 0.6) is 11.5 Å². The lowest BCUT2D eigenvalue weighted by Crippen LogP contribution is -2.19. The summed E-state index contributed by atoms with van der Waals surface area (Å²) < 4.78 is 11.8. The van der Waals surface area contributed by atoms with Gasteiger partial charge in [-0.25, -0.2) is 0 Å². The summed E-state index contributed by atoms with van der Waals surface area (Å²) in [5.74, 6) is 14.8. The van der Waals surface area contributed by atoms with Gasteiger partial charge in [0.2, 0.25) is 0 Å². The van der Waals surface area contributed by atoms with E-state index in [1.807, 2.05) is 74.1 Å². The van der Waals surface area contributed by atoms with Gasteiger partial charge in [-0.05, 0) is 86.3 Å². The molecule has 3 aromatic rings. The van der Waals surface area contributed by atoms with E-state index in [9.17, 15) is 10.1 Å². The molecule has 0 N–H and O–H groups in total. The van der Waals surface area contributed by atoms with Gasteiger partial charge in [-0.2, -0.15) is 5.26 Å². The quantitative estimate of drug-likeness (QED) is 0.0973. The van der Waals surface area contributed by atoms with Crippen LogP contribution in [-0.2, 0) is 4.79 Å². The number of nitrogens with zero attached hydrogens (tertiary/aromatic N) is 1. The molecule has 0 unspecified atom stereocenters.